The third-order valence-corrected chi connectivity index (χ3v) is 2.94. The van der Waals surface area contributed by atoms with Gasteiger partial charge in [-0.3, -0.25) is 0 Å². The largest absolute Gasteiger partial charge is 0.385 e. The molecule has 0 bridgehead atoms. The van der Waals surface area contributed by atoms with Crippen LogP contribution < -0.4 is 22.1 Å². The second-order valence-electron chi connectivity index (χ2n) is 4.69. The zero-order valence-electron chi connectivity index (χ0n) is 10.9. The molecule has 100 valence electrons. The molecule has 0 aromatic heterocycles. The SMILES string of the molecule is CC(C)C(CN)CNc1cccc(NC(N)=O)c1. The lowest BCUT2D eigenvalue weighted by Crippen LogP contribution is -2.27. The number of anilines is 2. The van der Waals surface area contributed by atoms with Gasteiger partial charge in [0.1, 0.15) is 0 Å². The minimum atomic E-state index is -0.561. The average molecular weight is 250 g/mol. The van der Waals surface area contributed by atoms with Gasteiger partial charge in [-0.1, -0.05) is 19.9 Å². The maximum atomic E-state index is 10.8. The maximum Gasteiger partial charge on any atom is 0.316 e. The summed E-state index contributed by atoms with van der Waals surface area (Å²) in [5.41, 5.74) is 12.4. The Morgan fingerprint density at radius 1 is 1.33 bits per heavy atom. The summed E-state index contributed by atoms with van der Waals surface area (Å²) >= 11 is 0. The molecular formula is C13H22N4O. The predicted octanol–water partition coefficient (Wildman–Crippen LogP) is 1.82. The number of hydrogen-bond acceptors (Lipinski definition) is 3. The summed E-state index contributed by atoms with van der Waals surface area (Å²) < 4.78 is 0. The van der Waals surface area contributed by atoms with Crippen molar-refractivity contribution >= 4 is 17.4 Å². The van der Waals surface area contributed by atoms with E-state index in [1.807, 2.05) is 18.2 Å². The summed E-state index contributed by atoms with van der Waals surface area (Å²) in [5, 5.41) is 5.86. The van der Waals surface area contributed by atoms with Crippen LogP contribution in [0.15, 0.2) is 24.3 Å². The van der Waals surface area contributed by atoms with Gasteiger partial charge in [0.15, 0.2) is 0 Å². The zero-order valence-corrected chi connectivity index (χ0v) is 10.9. The highest BCUT2D eigenvalue weighted by Gasteiger charge is 2.10. The molecule has 0 saturated carbocycles. The zero-order chi connectivity index (χ0) is 13.5. The van der Waals surface area contributed by atoms with E-state index in [0.29, 0.717) is 24.1 Å². The van der Waals surface area contributed by atoms with Crippen molar-refractivity contribution in [1.29, 1.82) is 0 Å². The Balaban J connectivity index is 2.59. The number of carbonyl (C=O) groups excluding carboxylic acids is 1. The lowest BCUT2D eigenvalue weighted by molar-refractivity contribution is 0.259. The molecule has 6 N–H and O–H groups in total. The van der Waals surface area contributed by atoms with Gasteiger partial charge in [0.25, 0.3) is 0 Å². The predicted molar refractivity (Wildman–Crippen MR) is 75.5 cm³/mol. The Morgan fingerprint density at radius 3 is 2.56 bits per heavy atom. The molecule has 0 spiro atoms. The molecule has 5 nitrogen and oxygen atoms in total. The van der Waals surface area contributed by atoms with E-state index in [-0.39, 0.29) is 0 Å². The van der Waals surface area contributed by atoms with Gasteiger partial charge in [0.2, 0.25) is 0 Å². The molecule has 1 aromatic rings. The maximum absolute atomic E-state index is 10.8. The fraction of sp³-hybridized carbons (Fsp3) is 0.462. The molecule has 0 radical (unpaired) electrons. The van der Waals surface area contributed by atoms with Crippen LogP contribution in [0, 0.1) is 11.8 Å². The van der Waals surface area contributed by atoms with Gasteiger partial charge < -0.3 is 22.1 Å². The molecule has 1 unspecified atom stereocenters. The van der Waals surface area contributed by atoms with Gasteiger partial charge in [0.05, 0.1) is 0 Å². The van der Waals surface area contributed by atoms with Gasteiger partial charge >= 0.3 is 6.03 Å². The van der Waals surface area contributed by atoms with Crippen LogP contribution in [-0.4, -0.2) is 19.1 Å². The minimum absolute atomic E-state index is 0.428. The first-order valence-corrected chi connectivity index (χ1v) is 6.13. The highest BCUT2D eigenvalue weighted by Crippen LogP contribution is 2.16. The lowest BCUT2D eigenvalue weighted by atomic mass is 9.96. The van der Waals surface area contributed by atoms with Crippen molar-refractivity contribution < 1.29 is 4.79 Å². The quantitative estimate of drug-likeness (QED) is 0.620. The van der Waals surface area contributed by atoms with E-state index in [9.17, 15) is 4.79 Å². The van der Waals surface area contributed by atoms with E-state index in [2.05, 4.69) is 24.5 Å². The Hall–Kier alpha value is -1.75. The molecule has 0 aliphatic rings. The van der Waals surface area contributed by atoms with E-state index in [1.54, 1.807) is 6.07 Å². The normalized spacial score (nSPS) is 12.2. The van der Waals surface area contributed by atoms with Crippen LogP contribution in [0.4, 0.5) is 16.2 Å². The second-order valence-corrected chi connectivity index (χ2v) is 4.69. The van der Waals surface area contributed by atoms with Crippen molar-refractivity contribution in [3.8, 4) is 0 Å². The number of urea groups is 1. The number of nitrogens with one attached hydrogen (secondary N) is 2. The van der Waals surface area contributed by atoms with Gasteiger partial charge in [-0.05, 0) is 36.6 Å². The van der Waals surface area contributed by atoms with Crippen LogP contribution in [0.3, 0.4) is 0 Å². The first kappa shape index (κ1) is 14.3. The Bertz CT molecular complexity index is 392. The summed E-state index contributed by atoms with van der Waals surface area (Å²) in [6, 6.07) is 6.88. The van der Waals surface area contributed by atoms with Crippen molar-refractivity contribution in [2.24, 2.45) is 23.3 Å². The van der Waals surface area contributed by atoms with Gasteiger partial charge in [-0.25, -0.2) is 4.79 Å². The van der Waals surface area contributed by atoms with Gasteiger partial charge in [0, 0.05) is 17.9 Å². The van der Waals surface area contributed by atoms with E-state index >= 15 is 0 Å². The average Bonchev–Trinajstić information content (AvgIpc) is 2.29. The number of carbonyl (C=O) groups is 1. The number of rotatable bonds is 6. The Morgan fingerprint density at radius 2 is 2.00 bits per heavy atom. The van der Waals surface area contributed by atoms with Crippen LogP contribution in [0.5, 0.6) is 0 Å². The summed E-state index contributed by atoms with van der Waals surface area (Å²) in [6.07, 6.45) is 0. The van der Waals surface area contributed by atoms with Crippen LogP contribution >= 0.6 is 0 Å². The van der Waals surface area contributed by atoms with Crippen molar-refractivity contribution in [1.82, 2.24) is 0 Å². The van der Waals surface area contributed by atoms with Crippen molar-refractivity contribution in [2.75, 3.05) is 23.7 Å². The first-order valence-electron chi connectivity index (χ1n) is 6.13. The summed E-state index contributed by atoms with van der Waals surface area (Å²) in [4.78, 5) is 10.8. The van der Waals surface area contributed by atoms with Gasteiger partial charge in [-0.2, -0.15) is 0 Å². The second kappa shape index (κ2) is 6.86. The molecule has 0 fully saturated rings. The fourth-order valence-electron chi connectivity index (χ4n) is 1.69. The molecule has 18 heavy (non-hydrogen) atoms. The van der Waals surface area contributed by atoms with E-state index in [0.717, 1.165) is 12.2 Å². The molecule has 0 aliphatic heterocycles. The highest BCUT2D eigenvalue weighted by atomic mass is 16.2. The molecule has 2 amide bonds. The summed E-state index contributed by atoms with van der Waals surface area (Å²) in [6.45, 7) is 5.78. The van der Waals surface area contributed by atoms with Crippen molar-refractivity contribution in [3.63, 3.8) is 0 Å². The van der Waals surface area contributed by atoms with E-state index < -0.39 is 6.03 Å². The molecule has 1 atom stereocenters. The topological polar surface area (TPSA) is 93.2 Å². The minimum Gasteiger partial charge on any atom is -0.385 e. The third kappa shape index (κ3) is 4.63. The Labute approximate surface area is 108 Å². The number of benzene rings is 1. The van der Waals surface area contributed by atoms with Crippen LogP contribution in [0.2, 0.25) is 0 Å². The van der Waals surface area contributed by atoms with Crippen molar-refractivity contribution in [2.45, 2.75) is 13.8 Å². The summed E-state index contributed by atoms with van der Waals surface area (Å²) in [5.74, 6) is 0.965. The standard InChI is InChI=1S/C13H22N4O/c1-9(2)10(7-14)8-16-11-4-3-5-12(6-11)17-13(15)18/h3-6,9-10,16H,7-8,14H2,1-2H3,(H3,15,17,18). The first-order chi connectivity index (χ1) is 8.52. The number of amides is 2. The van der Waals surface area contributed by atoms with Crippen LogP contribution in [0.25, 0.3) is 0 Å². The molecule has 0 aliphatic carbocycles. The summed E-state index contributed by atoms with van der Waals surface area (Å²) in [7, 11) is 0. The van der Waals surface area contributed by atoms with Crippen LogP contribution in [0.1, 0.15) is 13.8 Å². The molecule has 0 saturated heterocycles. The monoisotopic (exact) mass is 250 g/mol. The molecular weight excluding hydrogens is 228 g/mol. The lowest BCUT2D eigenvalue weighted by Gasteiger charge is -2.20. The Kier molecular flexibility index (Phi) is 5.45. The van der Waals surface area contributed by atoms with E-state index in [1.165, 1.54) is 0 Å². The highest BCUT2D eigenvalue weighted by molar-refractivity contribution is 5.88. The number of nitrogens with two attached hydrogens (primary N) is 2. The fourth-order valence-corrected chi connectivity index (χ4v) is 1.69. The number of hydrogen-bond donors (Lipinski definition) is 4. The molecule has 0 heterocycles. The third-order valence-electron chi connectivity index (χ3n) is 2.94. The van der Waals surface area contributed by atoms with Crippen molar-refractivity contribution in [3.05, 3.63) is 24.3 Å². The smallest absolute Gasteiger partial charge is 0.316 e. The number of primary amides is 1. The van der Waals surface area contributed by atoms with Crippen LogP contribution in [-0.2, 0) is 0 Å². The van der Waals surface area contributed by atoms with Gasteiger partial charge in [-0.15, -0.1) is 0 Å². The molecule has 1 aromatic carbocycles. The van der Waals surface area contributed by atoms with E-state index in [4.69, 9.17) is 11.5 Å². The molecule has 5 heteroatoms. The molecule has 1 rings (SSSR count).